The van der Waals surface area contributed by atoms with E-state index in [9.17, 15) is 0 Å². The van der Waals surface area contributed by atoms with Gasteiger partial charge >= 0.3 is 0 Å². The molecule has 0 aromatic rings. The number of nitriles is 1. The molecule has 0 saturated heterocycles. The van der Waals surface area contributed by atoms with Crippen molar-refractivity contribution in [3.63, 3.8) is 0 Å². The largest absolute Gasteiger partial charge is 0.486 e. The molecule has 0 aliphatic rings. The van der Waals surface area contributed by atoms with Crippen LogP contribution in [0.1, 0.15) is 27.7 Å². The second-order valence-corrected chi connectivity index (χ2v) is 4.11. The van der Waals surface area contributed by atoms with Gasteiger partial charge in [-0.05, 0) is 29.6 Å². The van der Waals surface area contributed by atoms with E-state index in [0.717, 1.165) is 5.57 Å². The summed E-state index contributed by atoms with van der Waals surface area (Å²) in [5.41, 5.74) is 1.59. The number of rotatable bonds is 3. The van der Waals surface area contributed by atoms with E-state index in [1.54, 1.807) is 0 Å². The van der Waals surface area contributed by atoms with E-state index in [1.807, 2.05) is 0 Å². The molecule has 0 spiro atoms. The topological polar surface area (TPSA) is 33.0 Å². The van der Waals surface area contributed by atoms with Crippen molar-refractivity contribution in [2.24, 2.45) is 11.8 Å². The minimum Gasteiger partial charge on any atom is -0.486 e. The average molecular weight is 211 g/mol. The highest BCUT2D eigenvalue weighted by Gasteiger charge is 2.17. The summed E-state index contributed by atoms with van der Waals surface area (Å²) in [6.07, 6.45) is 0. The van der Waals surface area contributed by atoms with Crippen molar-refractivity contribution < 1.29 is 4.74 Å². The lowest BCUT2D eigenvalue weighted by atomic mass is 9.88. The second kappa shape index (κ2) is 5.77. The Hall–Kier alpha value is -0.880. The van der Waals surface area contributed by atoms with Crippen LogP contribution in [0, 0.1) is 23.2 Å². The summed E-state index contributed by atoms with van der Waals surface area (Å²) in [5.74, 6) is 0.635. The second-order valence-electron chi connectivity index (χ2n) is 3.74. The molecule has 0 aliphatic carbocycles. The van der Waals surface area contributed by atoms with Crippen LogP contribution in [0.25, 0.3) is 0 Å². The van der Waals surface area contributed by atoms with Crippen LogP contribution < -0.4 is 0 Å². The maximum Gasteiger partial charge on any atom is 0.201 e. The van der Waals surface area contributed by atoms with Crippen LogP contribution in [0.5, 0.6) is 0 Å². The van der Waals surface area contributed by atoms with Gasteiger partial charge in [0.25, 0.3) is 0 Å². The molecule has 0 heterocycles. The van der Waals surface area contributed by atoms with Gasteiger partial charge in [0.1, 0.15) is 11.6 Å². The molecule has 2 nitrogen and oxygen atoms in total. The molecule has 0 bridgehead atoms. The van der Waals surface area contributed by atoms with E-state index in [2.05, 4.69) is 33.8 Å². The highest BCUT2D eigenvalue weighted by molar-refractivity contribution is 7.80. The summed E-state index contributed by atoms with van der Waals surface area (Å²) in [4.78, 5) is 0. The normalized spacial score (nSPS) is 9.86. The lowest BCUT2D eigenvalue weighted by molar-refractivity contribution is 0.414. The van der Waals surface area contributed by atoms with Gasteiger partial charge in [-0.3, -0.25) is 0 Å². The first-order valence-electron chi connectivity index (χ1n) is 4.68. The summed E-state index contributed by atoms with van der Waals surface area (Å²) in [6, 6.07) is 2.13. The molecule has 0 aromatic carbocycles. The van der Waals surface area contributed by atoms with Crippen LogP contribution in [0.4, 0.5) is 0 Å². The van der Waals surface area contributed by atoms with E-state index in [-0.39, 0.29) is 0 Å². The predicted molar refractivity (Wildman–Crippen MR) is 61.9 cm³/mol. The standard InChI is InChI=1S/C11H17NOS/c1-7(2)10(8(3)4)9(6-12)11(14)13-5/h7-8H,1-5H3. The molecule has 0 saturated carbocycles. The van der Waals surface area contributed by atoms with Crippen molar-refractivity contribution in [1.82, 2.24) is 0 Å². The van der Waals surface area contributed by atoms with Crippen molar-refractivity contribution in [3.05, 3.63) is 11.1 Å². The molecule has 0 amide bonds. The molecule has 14 heavy (non-hydrogen) atoms. The molecular formula is C11H17NOS. The van der Waals surface area contributed by atoms with Crippen LogP contribution in [0.15, 0.2) is 11.1 Å². The van der Waals surface area contributed by atoms with E-state index < -0.39 is 0 Å². The summed E-state index contributed by atoms with van der Waals surface area (Å²) in [7, 11) is 1.50. The van der Waals surface area contributed by atoms with Crippen LogP contribution in [0.2, 0.25) is 0 Å². The lowest BCUT2D eigenvalue weighted by Crippen LogP contribution is -2.12. The first-order chi connectivity index (χ1) is 6.45. The zero-order valence-corrected chi connectivity index (χ0v) is 10.2. The maximum atomic E-state index is 9.02. The van der Waals surface area contributed by atoms with Gasteiger partial charge in [-0.1, -0.05) is 27.7 Å². The van der Waals surface area contributed by atoms with Crippen molar-refractivity contribution in [3.8, 4) is 6.07 Å². The van der Waals surface area contributed by atoms with Crippen molar-refractivity contribution in [2.45, 2.75) is 27.7 Å². The third-order valence-corrected chi connectivity index (χ3v) is 2.40. The minimum absolute atomic E-state index is 0.296. The van der Waals surface area contributed by atoms with E-state index in [4.69, 9.17) is 22.2 Å². The summed E-state index contributed by atoms with van der Waals surface area (Å²) in [6.45, 7) is 8.24. The lowest BCUT2D eigenvalue weighted by Gasteiger charge is -2.17. The van der Waals surface area contributed by atoms with Gasteiger partial charge in [0.05, 0.1) is 7.11 Å². The third-order valence-electron chi connectivity index (χ3n) is 2.03. The van der Waals surface area contributed by atoms with Gasteiger partial charge in [0, 0.05) is 0 Å². The molecule has 3 heteroatoms. The van der Waals surface area contributed by atoms with Gasteiger partial charge in [-0.15, -0.1) is 0 Å². The monoisotopic (exact) mass is 211 g/mol. The summed E-state index contributed by atoms with van der Waals surface area (Å²) >= 11 is 4.99. The Kier molecular flexibility index (Phi) is 5.40. The molecule has 0 rings (SSSR count). The Bertz CT molecular complexity index is 274. The molecule has 0 unspecified atom stereocenters. The third kappa shape index (κ3) is 3.12. The number of hydrogen-bond donors (Lipinski definition) is 0. The molecular weight excluding hydrogens is 194 g/mol. The Labute approximate surface area is 91.6 Å². The number of thiocarbonyl (C=S) groups is 1. The van der Waals surface area contributed by atoms with Gasteiger partial charge in [0.2, 0.25) is 5.05 Å². The van der Waals surface area contributed by atoms with Crippen LogP contribution in [0.3, 0.4) is 0 Å². The number of ether oxygens (including phenoxy) is 1. The van der Waals surface area contributed by atoms with Gasteiger partial charge in [0.15, 0.2) is 0 Å². The minimum atomic E-state index is 0.296. The quantitative estimate of drug-likeness (QED) is 0.408. The fraction of sp³-hybridized carbons (Fsp3) is 0.636. The number of nitrogens with zero attached hydrogens (tertiary/aromatic N) is 1. The summed E-state index contributed by atoms with van der Waals surface area (Å²) in [5, 5.41) is 9.32. The Morgan fingerprint density at radius 2 is 1.64 bits per heavy atom. The Morgan fingerprint density at radius 1 is 1.21 bits per heavy atom. The fourth-order valence-electron chi connectivity index (χ4n) is 1.57. The molecule has 78 valence electrons. The highest BCUT2D eigenvalue weighted by Crippen LogP contribution is 2.24. The first-order valence-corrected chi connectivity index (χ1v) is 5.09. The predicted octanol–water partition coefficient (Wildman–Crippen LogP) is 3.09. The molecule has 0 N–H and O–H groups in total. The van der Waals surface area contributed by atoms with E-state index in [0.29, 0.717) is 22.5 Å². The zero-order chi connectivity index (χ0) is 11.3. The Balaban J connectivity index is 5.34. The molecule has 0 aromatic heterocycles. The first kappa shape index (κ1) is 13.1. The van der Waals surface area contributed by atoms with E-state index in [1.165, 1.54) is 7.11 Å². The number of methoxy groups -OCH3 is 1. The smallest absolute Gasteiger partial charge is 0.201 e. The number of hydrogen-bond acceptors (Lipinski definition) is 3. The molecule has 0 fully saturated rings. The molecule has 0 aliphatic heterocycles. The van der Waals surface area contributed by atoms with Crippen LogP contribution in [-0.4, -0.2) is 12.2 Å². The van der Waals surface area contributed by atoms with Gasteiger partial charge in [-0.2, -0.15) is 5.26 Å². The van der Waals surface area contributed by atoms with Gasteiger partial charge in [-0.25, -0.2) is 0 Å². The van der Waals surface area contributed by atoms with Gasteiger partial charge < -0.3 is 4.74 Å². The summed E-state index contributed by atoms with van der Waals surface area (Å²) < 4.78 is 4.94. The van der Waals surface area contributed by atoms with E-state index >= 15 is 0 Å². The Morgan fingerprint density at radius 3 is 1.86 bits per heavy atom. The SMILES string of the molecule is COC(=S)C(C#N)=C(C(C)C)C(C)C. The zero-order valence-electron chi connectivity index (χ0n) is 9.42. The number of allylic oxidation sites excluding steroid dienone is 1. The maximum absolute atomic E-state index is 9.02. The van der Waals surface area contributed by atoms with Crippen molar-refractivity contribution in [2.75, 3.05) is 7.11 Å². The van der Waals surface area contributed by atoms with Crippen molar-refractivity contribution >= 4 is 17.3 Å². The average Bonchev–Trinajstić information content (AvgIpc) is 2.11. The van der Waals surface area contributed by atoms with Crippen molar-refractivity contribution in [1.29, 1.82) is 5.26 Å². The highest BCUT2D eigenvalue weighted by atomic mass is 32.1. The molecule has 0 radical (unpaired) electrons. The van der Waals surface area contributed by atoms with Crippen LogP contribution >= 0.6 is 12.2 Å². The molecule has 0 atom stereocenters. The van der Waals surface area contributed by atoms with Crippen LogP contribution in [-0.2, 0) is 4.74 Å². The fourth-order valence-corrected chi connectivity index (χ4v) is 1.74.